The summed E-state index contributed by atoms with van der Waals surface area (Å²) < 4.78 is -2.17. The van der Waals surface area contributed by atoms with Gasteiger partial charge in [-0.05, 0) is 82.3 Å². The fourth-order valence-corrected chi connectivity index (χ4v) is 7.72. The molecule has 4 amide bonds. The first-order chi connectivity index (χ1) is 20.9. The minimum atomic E-state index is -1.38. The highest BCUT2D eigenvalue weighted by Crippen LogP contribution is 2.46. The van der Waals surface area contributed by atoms with Crippen LogP contribution in [0.3, 0.4) is 0 Å². The summed E-state index contributed by atoms with van der Waals surface area (Å²) in [5, 5.41) is 30.5. The van der Waals surface area contributed by atoms with Gasteiger partial charge < -0.3 is 37.2 Å². The maximum atomic E-state index is 13.6. The van der Waals surface area contributed by atoms with Crippen LogP contribution in [0.25, 0.3) is 0 Å². The zero-order chi connectivity index (χ0) is 33.7. The number of benzene rings is 2. The second kappa shape index (κ2) is 14.6. The number of phenols is 1. The predicted molar refractivity (Wildman–Crippen MR) is 174 cm³/mol. The molecular formula is C31H41N5O7S2. The maximum absolute atomic E-state index is 13.6. The van der Waals surface area contributed by atoms with Crippen LogP contribution in [0.15, 0.2) is 42.5 Å². The minimum absolute atomic E-state index is 0.103. The molecule has 1 aliphatic heterocycles. The summed E-state index contributed by atoms with van der Waals surface area (Å²) in [5.41, 5.74) is 9.04. The summed E-state index contributed by atoms with van der Waals surface area (Å²) in [6.07, 6.45) is 0.150. The van der Waals surface area contributed by atoms with E-state index in [2.05, 4.69) is 21.3 Å². The van der Waals surface area contributed by atoms with Gasteiger partial charge in [-0.1, -0.05) is 51.9 Å². The number of aromatic hydroxyl groups is 1. The smallest absolute Gasteiger partial charge is 0.327 e. The Kier molecular flexibility index (Phi) is 11.6. The van der Waals surface area contributed by atoms with E-state index in [-0.39, 0.29) is 12.2 Å². The van der Waals surface area contributed by atoms with Gasteiger partial charge in [0.1, 0.15) is 23.9 Å². The third-order valence-corrected chi connectivity index (χ3v) is 11.8. The minimum Gasteiger partial charge on any atom is -0.508 e. The number of amides is 4. The van der Waals surface area contributed by atoms with E-state index in [9.17, 15) is 34.2 Å². The molecule has 12 nitrogen and oxygen atoms in total. The number of rotatable bonds is 6. The van der Waals surface area contributed by atoms with Crippen molar-refractivity contribution in [2.24, 2.45) is 5.73 Å². The van der Waals surface area contributed by atoms with Crippen molar-refractivity contribution < 1.29 is 34.2 Å². The van der Waals surface area contributed by atoms with Gasteiger partial charge in [0.05, 0.1) is 17.3 Å². The zero-order valence-electron chi connectivity index (χ0n) is 26.1. The quantitative estimate of drug-likeness (QED) is 0.225. The number of carboxylic acid groups (broad SMARTS) is 1. The number of carbonyl (C=O) groups excluding carboxylic acids is 4. The highest BCUT2D eigenvalue weighted by Gasteiger charge is 2.44. The molecule has 14 heteroatoms. The lowest BCUT2D eigenvalue weighted by atomic mass is 9.95. The maximum Gasteiger partial charge on any atom is 0.327 e. The predicted octanol–water partition coefficient (Wildman–Crippen LogP) is 1.86. The number of nitrogens with one attached hydrogen (secondary N) is 4. The SMILES string of the molecule is Cc1cc(O)cc(C)c1C[C@H](N)C(=O)N[C@H]1C(=O)NCC(=O)N[C@@H](c2ccccc2)C(=O)N[C@@H](C(=O)O)C(C)(C)SSC1(C)C. The van der Waals surface area contributed by atoms with Crippen molar-refractivity contribution in [3.63, 3.8) is 0 Å². The zero-order valence-corrected chi connectivity index (χ0v) is 27.7. The molecule has 4 atom stereocenters. The molecule has 1 aliphatic rings. The first-order valence-electron chi connectivity index (χ1n) is 14.3. The molecule has 1 fully saturated rings. The molecule has 0 radical (unpaired) electrons. The van der Waals surface area contributed by atoms with Gasteiger partial charge >= 0.3 is 5.97 Å². The number of hydrogen-bond acceptors (Lipinski definition) is 9. The van der Waals surface area contributed by atoms with E-state index in [0.29, 0.717) is 5.56 Å². The van der Waals surface area contributed by atoms with E-state index in [0.717, 1.165) is 27.5 Å². The summed E-state index contributed by atoms with van der Waals surface area (Å²) in [4.78, 5) is 65.8. The Morgan fingerprint density at radius 2 is 1.56 bits per heavy atom. The van der Waals surface area contributed by atoms with Gasteiger partial charge in [0, 0.05) is 4.75 Å². The number of hydrogen-bond donors (Lipinski definition) is 7. The molecule has 0 bridgehead atoms. The van der Waals surface area contributed by atoms with Gasteiger partial charge in [0.15, 0.2) is 0 Å². The third-order valence-electron chi connectivity index (χ3n) is 7.51. The molecule has 1 saturated heterocycles. The second-order valence-corrected chi connectivity index (χ2v) is 15.5. The molecule has 244 valence electrons. The van der Waals surface area contributed by atoms with Crippen LogP contribution < -0.4 is 27.0 Å². The summed E-state index contributed by atoms with van der Waals surface area (Å²) in [6.45, 7) is 9.80. The lowest BCUT2D eigenvalue weighted by Crippen LogP contribution is -2.61. The molecular weight excluding hydrogens is 619 g/mol. The van der Waals surface area contributed by atoms with E-state index >= 15 is 0 Å². The Labute approximate surface area is 270 Å². The normalized spacial score (nSPS) is 23.0. The number of nitrogens with two attached hydrogens (primary N) is 1. The summed E-state index contributed by atoms with van der Waals surface area (Å²) in [7, 11) is 2.31. The summed E-state index contributed by atoms with van der Waals surface area (Å²) in [6, 6.07) is 6.65. The van der Waals surface area contributed by atoms with Gasteiger partial charge in [-0.3, -0.25) is 19.2 Å². The monoisotopic (exact) mass is 659 g/mol. The average Bonchev–Trinajstić information content (AvgIpc) is 2.96. The number of aliphatic carboxylic acids is 1. The van der Waals surface area contributed by atoms with Crippen LogP contribution in [-0.4, -0.2) is 74.0 Å². The first-order valence-corrected chi connectivity index (χ1v) is 16.4. The molecule has 0 saturated carbocycles. The number of aryl methyl sites for hydroxylation is 2. The van der Waals surface area contributed by atoms with Crippen molar-refractivity contribution >= 4 is 51.2 Å². The second-order valence-electron chi connectivity index (χ2n) is 12.1. The van der Waals surface area contributed by atoms with Crippen LogP contribution in [0.5, 0.6) is 5.75 Å². The Morgan fingerprint density at radius 3 is 2.13 bits per heavy atom. The fraction of sp³-hybridized carbons (Fsp3) is 0.452. The number of carboxylic acids is 1. The van der Waals surface area contributed by atoms with E-state index in [1.54, 1.807) is 84.0 Å². The van der Waals surface area contributed by atoms with Crippen molar-refractivity contribution in [1.29, 1.82) is 0 Å². The van der Waals surface area contributed by atoms with Crippen molar-refractivity contribution in [2.45, 2.75) is 81.6 Å². The average molecular weight is 660 g/mol. The standard InChI is InChI=1S/C31H41N5O7S2/c1-16-12-19(37)13-17(2)20(16)14-21(32)26(39)35-24-28(41)33-15-22(38)34-23(18-10-8-7-9-11-18)27(40)36-25(29(42)43)31(5,6)45-44-30(24,3)4/h7-13,21,23-25,37H,14-15,32H2,1-6H3,(H,33,41)(H,34,38)(H,35,39)(H,36,40)(H,42,43)/t21-,23-,24-,25-/m0/s1. The number of carbonyl (C=O) groups is 5. The van der Waals surface area contributed by atoms with Gasteiger partial charge in [-0.15, -0.1) is 0 Å². The van der Waals surface area contributed by atoms with Crippen LogP contribution >= 0.6 is 21.6 Å². The molecule has 0 unspecified atom stereocenters. The molecule has 2 aromatic carbocycles. The highest BCUT2D eigenvalue weighted by atomic mass is 33.1. The summed E-state index contributed by atoms with van der Waals surface area (Å²) in [5.74, 6) is -3.86. The fourth-order valence-electron chi connectivity index (χ4n) is 4.91. The molecule has 0 aromatic heterocycles. The van der Waals surface area contributed by atoms with E-state index < -0.39 is 69.8 Å². The Bertz CT molecular complexity index is 1430. The Balaban J connectivity index is 1.93. The molecule has 0 aliphatic carbocycles. The van der Waals surface area contributed by atoms with E-state index in [1.807, 2.05) is 0 Å². The summed E-state index contributed by atoms with van der Waals surface area (Å²) >= 11 is 0. The largest absolute Gasteiger partial charge is 0.508 e. The van der Waals surface area contributed by atoms with Crippen LogP contribution in [0.4, 0.5) is 0 Å². The molecule has 2 aromatic rings. The lowest BCUT2D eigenvalue weighted by molar-refractivity contribution is -0.143. The van der Waals surface area contributed by atoms with Crippen LogP contribution in [-0.2, 0) is 30.4 Å². The molecule has 3 rings (SSSR count). The van der Waals surface area contributed by atoms with Gasteiger partial charge in [-0.2, -0.15) is 0 Å². The van der Waals surface area contributed by atoms with Crippen molar-refractivity contribution in [3.8, 4) is 5.75 Å². The van der Waals surface area contributed by atoms with Crippen LogP contribution in [0.2, 0.25) is 0 Å². The van der Waals surface area contributed by atoms with Crippen LogP contribution in [0.1, 0.15) is 56.0 Å². The topological polar surface area (TPSA) is 200 Å². The molecule has 0 spiro atoms. The molecule has 8 N–H and O–H groups in total. The molecule has 45 heavy (non-hydrogen) atoms. The first kappa shape index (κ1) is 35.7. The van der Waals surface area contributed by atoms with Crippen molar-refractivity contribution in [1.82, 2.24) is 21.3 Å². The third kappa shape index (κ3) is 9.14. The van der Waals surface area contributed by atoms with Crippen molar-refractivity contribution in [2.75, 3.05) is 6.54 Å². The Morgan fingerprint density at radius 1 is 0.978 bits per heavy atom. The van der Waals surface area contributed by atoms with Crippen molar-refractivity contribution in [3.05, 3.63) is 64.7 Å². The molecule has 1 heterocycles. The van der Waals surface area contributed by atoms with Gasteiger partial charge in [-0.25, -0.2) is 4.79 Å². The lowest BCUT2D eigenvalue weighted by Gasteiger charge is -2.38. The van der Waals surface area contributed by atoms with Gasteiger partial charge in [0.2, 0.25) is 23.6 Å². The highest BCUT2D eigenvalue weighted by molar-refractivity contribution is 8.77. The van der Waals surface area contributed by atoms with Gasteiger partial charge in [0.25, 0.3) is 0 Å². The van der Waals surface area contributed by atoms with Crippen LogP contribution in [0, 0.1) is 13.8 Å². The van der Waals surface area contributed by atoms with E-state index in [1.165, 1.54) is 10.8 Å². The number of phenolic OH excluding ortho intramolecular Hbond substituents is 1. The Hall–Kier alpha value is -3.75. The van der Waals surface area contributed by atoms with E-state index in [4.69, 9.17) is 5.73 Å².